The predicted octanol–water partition coefficient (Wildman–Crippen LogP) is 1.70. The Bertz CT molecular complexity index is 419. The summed E-state index contributed by atoms with van der Waals surface area (Å²) in [4.78, 5) is 11.6. The molecule has 1 aliphatic rings. The van der Waals surface area contributed by atoms with Crippen molar-refractivity contribution in [1.29, 1.82) is 0 Å². The SMILES string of the molecule is COC(=O)[C@H]1C[C@H](c2ccccc2OC)CCN1. The Labute approximate surface area is 107 Å². The fourth-order valence-corrected chi connectivity index (χ4v) is 2.53. The summed E-state index contributed by atoms with van der Waals surface area (Å²) < 4.78 is 10.2. The molecule has 1 aromatic rings. The highest BCUT2D eigenvalue weighted by atomic mass is 16.5. The maximum Gasteiger partial charge on any atom is 0.322 e. The van der Waals surface area contributed by atoms with Gasteiger partial charge in [0.05, 0.1) is 14.2 Å². The minimum Gasteiger partial charge on any atom is -0.496 e. The summed E-state index contributed by atoms with van der Waals surface area (Å²) in [6, 6.07) is 7.79. The van der Waals surface area contributed by atoms with E-state index in [1.807, 2.05) is 18.2 Å². The number of ether oxygens (including phenoxy) is 2. The molecule has 18 heavy (non-hydrogen) atoms. The molecular formula is C14H19NO3. The molecule has 98 valence electrons. The van der Waals surface area contributed by atoms with E-state index in [0.717, 1.165) is 25.1 Å². The van der Waals surface area contributed by atoms with Crippen molar-refractivity contribution in [3.63, 3.8) is 0 Å². The summed E-state index contributed by atoms with van der Waals surface area (Å²) in [5.74, 6) is 1.05. The molecule has 0 aromatic heterocycles. The van der Waals surface area contributed by atoms with Crippen molar-refractivity contribution in [2.45, 2.75) is 24.8 Å². The van der Waals surface area contributed by atoms with Crippen LogP contribution < -0.4 is 10.1 Å². The van der Waals surface area contributed by atoms with Crippen molar-refractivity contribution in [2.75, 3.05) is 20.8 Å². The van der Waals surface area contributed by atoms with Crippen LogP contribution >= 0.6 is 0 Å². The van der Waals surface area contributed by atoms with Crippen LogP contribution in [0.2, 0.25) is 0 Å². The first-order valence-corrected chi connectivity index (χ1v) is 6.20. The highest BCUT2D eigenvalue weighted by Gasteiger charge is 2.29. The van der Waals surface area contributed by atoms with Crippen LogP contribution in [0.5, 0.6) is 5.75 Å². The van der Waals surface area contributed by atoms with Crippen molar-refractivity contribution in [2.24, 2.45) is 0 Å². The lowest BCUT2D eigenvalue weighted by Crippen LogP contribution is -2.43. The van der Waals surface area contributed by atoms with Crippen molar-refractivity contribution in [3.8, 4) is 5.75 Å². The minimum atomic E-state index is -0.210. The van der Waals surface area contributed by atoms with Crippen LogP contribution in [0.1, 0.15) is 24.3 Å². The van der Waals surface area contributed by atoms with Crippen LogP contribution in [0.25, 0.3) is 0 Å². The van der Waals surface area contributed by atoms with Gasteiger partial charge >= 0.3 is 5.97 Å². The third-order valence-electron chi connectivity index (χ3n) is 3.47. The number of benzene rings is 1. The Morgan fingerprint density at radius 1 is 1.33 bits per heavy atom. The molecule has 4 heteroatoms. The summed E-state index contributed by atoms with van der Waals surface area (Å²) in [5.41, 5.74) is 1.18. The lowest BCUT2D eigenvalue weighted by Gasteiger charge is -2.29. The van der Waals surface area contributed by atoms with Gasteiger partial charge < -0.3 is 14.8 Å². The van der Waals surface area contributed by atoms with Gasteiger partial charge in [-0.25, -0.2) is 0 Å². The number of carbonyl (C=O) groups is 1. The fourth-order valence-electron chi connectivity index (χ4n) is 2.53. The van der Waals surface area contributed by atoms with Gasteiger partial charge in [-0.15, -0.1) is 0 Å². The Morgan fingerprint density at radius 2 is 2.11 bits per heavy atom. The number of rotatable bonds is 3. The van der Waals surface area contributed by atoms with Gasteiger partial charge in [0.1, 0.15) is 11.8 Å². The lowest BCUT2D eigenvalue weighted by molar-refractivity contribution is -0.143. The Balaban J connectivity index is 2.15. The Morgan fingerprint density at radius 3 is 2.83 bits per heavy atom. The molecule has 1 saturated heterocycles. The summed E-state index contributed by atoms with van der Waals surface area (Å²) in [7, 11) is 3.11. The van der Waals surface area contributed by atoms with Crippen molar-refractivity contribution >= 4 is 5.97 Å². The standard InChI is InChI=1S/C14H19NO3/c1-17-13-6-4-3-5-11(13)10-7-8-15-12(9-10)14(16)18-2/h3-6,10,12,15H,7-9H2,1-2H3/t10-,12-/m1/s1. The molecule has 0 amide bonds. The van der Waals surface area contributed by atoms with Gasteiger partial charge in [-0.1, -0.05) is 18.2 Å². The number of carbonyl (C=O) groups excluding carboxylic acids is 1. The molecule has 0 spiro atoms. The largest absolute Gasteiger partial charge is 0.496 e. The van der Waals surface area contributed by atoms with Gasteiger partial charge in [0.2, 0.25) is 0 Å². The number of nitrogens with one attached hydrogen (secondary N) is 1. The van der Waals surface area contributed by atoms with Crippen LogP contribution in [0.4, 0.5) is 0 Å². The molecule has 1 aromatic carbocycles. The number of piperidine rings is 1. The number of methoxy groups -OCH3 is 2. The van der Waals surface area contributed by atoms with E-state index in [1.165, 1.54) is 12.7 Å². The molecule has 1 fully saturated rings. The van der Waals surface area contributed by atoms with E-state index in [4.69, 9.17) is 9.47 Å². The summed E-state index contributed by atoms with van der Waals surface area (Å²) in [6.45, 7) is 0.822. The highest BCUT2D eigenvalue weighted by molar-refractivity contribution is 5.75. The maximum absolute atomic E-state index is 11.6. The maximum atomic E-state index is 11.6. The van der Waals surface area contributed by atoms with Crippen LogP contribution in [-0.2, 0) is 9.53 Å². The average Bonchev–Trinajstić information content (AvgIpc) is 2.46. The second-order valence-electron chi connectivity index (χ2n) is 4.49. The lowest BCUT2D eigenvalue weighted by atomic mass is 9.86. The molecule has 0 radical (unpaired) electrons. The minimum absolute atomic E-state index is 0.186. The first-order chi connectivity index (χ1) is 8.76. The molecule has 2 atom stereocenters. The quantitative estimate of drug-likeness (QED) is 0.828. The molecule has 0 bridgehead atoms. The summed E-state index contributed by atoms with van der Waals surface area (Å²) in [5, 5.41) is 3.19. The second kappa shape index (κ2) is 5.87. The number of esters is 1. The molecule has 1 N–H and O–H groups in total. The molecular weight excluding hydrogens is 230 g/mol. The summed E-state index contributed by atoms with van der Waals surface area (Å²) in [6.07, 6.45) is 1.76. The van der Waals surface area contributed by atoms with E-state index >= 15 is 0 Å². The van der Waals surface area contributed by atoms with Crippen molar-refractivity contribution < 1.29 is 14.3 Å². The summed E-state index contributed by atoms with van der Waals surface area (Å²) >= 11 is 0. The molecule has 1 heterocycles. The van der Waals surface area contributed by atoms with E-state index < -0.39 is 0 Å². The van der Waals surface area contributed by atoms with E-state index in [-0.39, 0.29) is 12.0 Å². The number of hydrogen-bond acceptors (Lipinski definition) is 4. The smallest absolute Gasteiger partial charge is 0.322 e. The zero-order valence-corrected chi connectivity index (χ0v) is 10.8. The molecule has 0 aliphatic carbocycles. The second-order valence-corrected chi connectivity index (χ2v) is 4.49. The zero-order chi connectivity index (χ0) is 13.0. The molecule has 0 saturated carbocycles. The van der Waals surface area contributed by atoms with Crippen molar-refractivity contribution in [3.05, 3.63) is 29.8 Å². The third-order valence-corrected chi connectivity index (χ3v) is 3.47. The Kier molecular flexibility index (Phi) is 4.20. The third kappa shape index (κ3) is 2.64. The topological polar surface area (TPSA) is 47.6 Å². The monoisotopic (exact) mass is 249 g/mol. The van der Waals surface area contributed by atoms with Crippen LogP contribution in [0.3, 0.4) is 0 Å². The van der Waals surface area contributed by atoms with Gasteiger partial charge in [0, 0.05) is 0 Å². The van der Waals surface area contributed by atoms with Crippen LogP contribution in [0, 0.1) is 0 Å². The average molecular weight is 249 g/mol. The van der Waals surface area contributed by atoms with E-state index in [2.05, 4.69) is 11.4 Å². The van der Waals surface area contributed by atoms with Gasteiger partial charge in [0.15, 0.2) is 0 Å². The highest BCUT2D eigenvalue weighted by Crippen LogP contribution is 2.33. The van der Waals surface area contributed by atoms with Crippen molar-refractivity contribution in [1.82, 2.24) is 5.32 Å². The predicted molar refractivity (Wildman–Crippen MR) is 68.8 cm³/mol. The van der Waals surface area contributed by atoms with Gasteiger partial charge in [-0.2, -0.15) is 0 Å². The van der Waals surface area contributed by atoms with Gasteiger partial charge in [-0.3, -0.25) is 4.79 Å². The van der Waals surface area contributed by atoms with E-state index in [1.54, 1.807) is 7.11 Å². The zero-order valence-electron chi connectivity index (χ0n) is 10.8. The molecule has 2 rings (SSSR count). The van der Waals surface area contributed by atoms with Gasteiger partial charge in [-0.05, 0) is 36.9 Å². The molecule has 4 nitrogen and oxygen atoms in total. The molecule has 1 aliphatic heterocycles. The Hall–Kier alpha value is -1.55. The number of para-hydroxylation sites is 1. The van der Waals surface area contributed by atoms with Crippen LogP contribution in [-0.4, -0.2) is 32.8 Å². The van der Waals surface area contributed by atoms with Crippen LogP contribution in [0.15, 0.2) is 24.3 Å². The normalized spacial score (nSPS) is 23.4. The van der Waals surface area contributed by atoms with E-state index in [9.17, 15) is 4.79 Å². The number of hydrogen-bond donors (Lipinski definition) is 1. The van der Waals surface area contributed by atoms with E-state index in [0.29, 0.717) is 5.92 Å². The first kappa shape index (κ1) is 12.9. The first-order valence-electron chi connectivity index (χ1n) is 6.20. The molecule has 0 unspecified atom stereocenters. The fraction of sp³-hybridized carbons (Fsp3) is 0.500. The van der Waals surface area contributed by atoms with Gasteiger partial charge in [0.25, 0.3) is 0 Å².